The maximum absolute atomic E-state index is 13.3. The highest BCUT2D eigenvalue weighted by molar-refractivity contribution is 6.00. The lowest BCUT2D eigenvalue weighted by Gasteiger charge is -2.12. The molecule has 0 saturated carbocycles. The summed E-state index contributed by atoms with van der Waals surface area (Å²) in [5, 5.41) is 13.6. The normalized spacial score (nSPS) is 10.1. The molecule has 0 aliphatic rings. The Bertz CT molecular complexity index is 446. The van der Waals surface area contributed by atoms with Crippen LogP contribution in [0.3, 0.4) is 0 Å². The molecule has 2 amide bonds. The molecule has 3 N–H and O–H groups in total. The third kappa shape index (κ3) is 3.44. The predicted molar refractivity (Wildman–Crippen MR) is 60.6 cm³/mol. The molecule has 0 unspecified atom stereocenters. The van der Waals surface area contributed by atoms with Crippen molar-refractivity contribution < 1.29 is 19.1 Å². The maximum atomic E-state index is 13.3. The minimum absolute atomic E-state index is 0.0735. The number of nitrogens with one attached hydrogen (secondary N) is 2. The van der Waals surface area contributed by atoms with Crippen LogP contribution in [0.25, 0.3) is 0 Å². The summed E-state index contributed by atoms with van der Waals surface area (Å²) in [6.07, 6.45) is 0. The summed E-state index contributed by atoms with van der Waals surface area (Å²) >= 11 is 0. The van der Waals surface area contributed by atoms with Gasteiger partial charge in [0.05, 0.1) is 5.69 Å². The van der Waals surface area contributed by atoms with Gasteiger partial charge in [-0.05, 0) is 26.0 Å². The Kier molecular flexibility index (Phi) is 4.03. The maximum Gasteiger partial charge on any atom is 0.340 e. The lowest BCUT2D eigenvalue weighted by atomic mass is 10.1. The summed E-state index contributed by atoms with van der Waals surface area (Å²) in [5.74, 6) is -2.32. The highest BCUT2D eigenvalue weighted by Crippen LogP contribution is 2.18. The molecule has 17 heavy (non-hydrogen) atoms. The van der Waals surface area contributed by atoms with Crippen molar-refractivity contribution in [1.29, 1.82) is 0 Å². The standard InChI is InChI=1S/C11H13FN2O3/c1-6(2)13-11(17)14-8-5-3-4-7(12)9(8)10(15)16/h3-6H,1-2H3,(H,15,16)(H2,13,14,17). The number of carbonyl (C=O) groups excluding carboxylic acids is 1. The van der Waals surface area contributed by atoms with Gasteiger partial charge in [0.25, 0.3) is 0 Å². The van der Waals surface area contributed by atoms with Gasteiger partial charge in [0.2, 0.25) is 0 Å². The first kappa shape index (κ1) is 13.0. The van der Waals surface area contributed by atoms with Crippen LogP contribution in [-0.4, -0.2) is 23.1 Å². The second-order valence-electron chi connectivity index (χ2n) is 3.72. The van der Waals surface area contributed by atoms with Gasteiger partial charge in [-0.15, -0.1) is 0 Å². The van der Waals surface area contributed by atoms with E-state index < -0.39 is 23.4 Å². The molecule has 1 aromatic carbocycles. The summed E-state index contributed by atoms with van der Waals surface area (Å²) < 4.78 is 13.3. The summed E-state index contributed by atoms with van der Waals surface area (Å²) in [4.78, 5) is 22.2. The number of amides is 2. The Morgan fingerprint density at radius 1 is 1.35 bits per heavy atom. The van der Waals surface area contributed by atoms with Crippen molar-refractivity contribution in [3.8, 4) is 0 Å². The summed E-state index contributed by atoms with van der Waals surface area (Å²) in [5.41, 5.74) is -0.623. The quantitative estimate of drug-likeness (QED) is 0.756. The number of urea groups is 1. The predicted octanol–water partition coefficient (Wildman–Crippen LogP) is 2.05. The van der Waals surface area contributed by atoms with E-state index in [9.17, 15) is 14.0 Å². The van der Waals surface area contributed by atoms with E-state index in [-0.39, 0.29) is 11.7 Å². The molecular formula is C11H13FN2O3. The van der Waals surface area contributed by atoms with Crippen LogP contribution < -0.4 is 10.6 Å². The van der Waals surface area contributed by atoms with Crippen molar-refractivity contribution in [3.63, 3.8) is 0 Å². The van der Waals surface area contributed by atoms with E-state index in [0.717, 1.165) is 6.07 Å². The first-order valence-corrected chi connectivity index (χ1v) is 5.01. The molecular weight excluding hydrogens is 227 g/mol. The van der Waals surface area contributed by atoms with Gasteiger partial charge < -0.3 is 15.7 Å². The summed E-state index contributed by atoms with van der Waals surface area (Å²) in [7, 11) is 0. The molecule has 0 aliphatic carbocycles. The Morgan fingerprint density at radius 2 is 2.00 bits per heavy atom. The third-order valence-electron chi connectivity index (χ3n) is 1.90. The number of rotatable bonds is 3. The number of hydrogen-bond acceptors (Lipinski definition) is 2. The Hall–Kier alpha value is -2.11. The number of carboxylic acids is 1. The molecule has 0 aliphatic heterocycles. The van der Waals surface area contributed by atoms with Crippen LogP contribution >= 0.6 is 0 Å². The molecule has 0 heterocycles. The number of aromatic carboxylic acids is 1. The zero-order valence-electron chi connectivity index (χ0n) is 9.45. The zero-order chi connectivity index (χ0) is 13.0. The van der Waals surface area contributed by atoms with Crippen LogP contribution in [-0.2, 0) is 0 Å². The molecule has 0 bridgehead atoms. The van der Waals surface area contributed by atoms with E-state index in [0.29, 0.717) is 0 Å². The van der Waals surface area contributed by atoms with Crippen LogP contribution in [0.2, 0.25) is 0 Å². The smallest absolute Gasteiger partial charge is 0.340 e. The fraction of sp³-hybridized carbons (Fsp3) is 0.273. The van der Waals surface area contributed by atoms with E-state index in [1.54, 1.807) is 13.8 Å². The minimum Gasteiger partial charge on any atom is -0.478 e. The summed E-state index contributed by atoms with van der Waals surface area (Å²) in [6.45, 7) is 3.51. The number of halogens is 1. The molecule has 0 atom stereocenters. The molecule has 0 spiro atoms. The number of hydrogen-bond donors (Lipinski definition) is 3. The van der Waals surface area contributed by atoms with Crippen LogP contribution in [0.5, 0.6) is 0 Å². The van der Waals surface area contributed by atoms with Crippen LogP contribution in [0, 0.1) is 5.82 Å². The number of carboxylic acid groups (broad SMARTS) is 1. The van der Waals surface area contributed by atoms with Crippen molar-refractivity contribution in [3.05, 3.63) is 29.6 Å². The highest BCUT2D eigenvalue weighted by Gasteiger charge is 2.17. The number of anilines is 1. The molecule has 0 radical (unpaired) electrons. The van der Waals surface area contributed by atoms with Gasteiger partial charge in [0.15, 0.2) is 0 Å². The first-order chi connectivity index (χ1) is 7.91. The largest absolute Gasteiger partial charge is 0.478 e. The Morgan fingerprint density at radius 3 is 2.53 bits per heavy atom. The van der Waals surface area contributed by atoms with Gasteiger partial charge in [-0.25, -0.2) is 14.0 Å². The van der Waals surface area contributed by atoms with Crippen molar-refractivity contribution in [2.24, 2.45) is 0 Å². The second kappa shape index (κ2) is 5.29. The topological polar surface area (TPSA) is 78.4 Å². The van der Waals surface area contributed by atoms with E-state index >= 15 is 0 Å². The average Bonchev–Trinajstić information content (AvgIpc) is 2.15. The van der Waals surface area contributed by atoms with Gasteiger partial charge >= 0.3 is 12.0 Å². The Labute approximate surface area is 97.6 Å². The Balaban J connectivity index is 2.95. The van der Waals surface area contributed by atoms with E-state index in [1.165, 1.54) is 12.1 Å². The SMILES string of the molecule is CC(C)NC(=O)Nc1cccc(F)c1C(=O)O. The molecule has 5 nitrogen and oxygen atoms in total. The summed E-state index contributed by atoms with van der Waals surface area (Å²) in [6, 6.07) is 3.00. The van der Waals surface area contributed by atoms with Crippen molar-refractivity contribution in [2.75, 3.05) is 5.32 Å². The lowest BCUT2D eigenvalue weighted by molar-refractivity contribution is 0.0693. The van der Waals surface area contributed by atoms with Crippen molar-refractivity contribution in [2.45, 2.75) is 19.9 Å². The van der Waals surface area contributed by atoms with Crippen molar-refractivity contribution in [1.82, 2.24) is 5.32 Å². The van der Waals surface area contributed by atoms with E-state index in [4.69, 9.17) is 5.11 Å². The van der Waals surface area contributed by atoms with Crippen LogP contribution in [0.1, 0.15) is 24.2 Å². The molecule has 0 saturated heterocycles. The lowest BCUT2D eigenvalue weighted by Crippen LogP contribution is -2.34. The third-order valence-corrected chi connectivity index (χ3v) is 1.90. The minimum atomic E-state index is -1.43. The average molecular weight is 240 g/mol. The van der Waals surface area contributed by atoms with Gasteiger partial charge in [-0.3, -0.25) is 0 Å². The number of benzene rings is 1. The van der Waals surface area contributed by atoms with Gasteiger partial charge in [-0.1, -0.05) is 6.07 Å². The van der Waals surface area contributed by atoms with Gasteiger partial charge in [-0.2, -0.15) is 0 Å². The molecule has 1 rings (SSSR count). The second-order valence-corrected chi connectivity index (χ2v) is 3.72. The fourth-order valence-electron chi connectivity index (χ4n) is 1.27. The molecule has 0 aromatic heterocycles. The van der Waals surface area contributed by atoms with E-state index in [2.05, 4.69) is 10.6 Å². The monoisotopic (exact) mass is 240 g/mol. The van der Waals surface area contributed by atoms with E-state index in [1.807, 2.05) is 0 Å². The molecule has 0 fully saturated rings. The highest BCUT2D eigenvalue weighted by atomic mass is 19.1. The van der Waals surface area contributed by atoms with Crippen molar-refractivity contribution >= 4 is 17.7 Å². The number of carbonyl (C=O) groups is 2. The molecule has 92 valence electrons. The first-order valence-electron chi connectivity index (χ1n) is 5.01. The van der Waals surface area contributed by atoms with Crippen LogP contribution in [0.15, 0.2) is 18.2 Å². The fourth-order valence-corrected chi connectivity index (χ4v) is 1.27. The molecule has 1 aromatic rings. The zero-order valence-corrected chi connectivity index (χ0v) is 9.45. The van der Waals surface area contributed by atoms with Crippen LogP contribution in [0.4, 0.5) is 14.9 Å². The van der Waals surface area contributed by atoms with Gasteiger partial charge in [0, 0.05) is 6.04 Å². The molecule has 6 heteroatoms. The van der Waals surface area contributed by atoms with Gasteiger partial charge in [0.1, 0.15) is 11.4 Å².